The third-order valence-electron chi connectivity index (χ3n) is 4.93. The van der Waals surface area contributed by atoms with E-state index in [9.17, 15) is 8.42 Å². The number of sulfonamides is 1. The molecule has 0 unspecified atom stereocenters. The highest BCUT2D eigenvalue weighted by Crippen LogP contribution is 2.26. The molecule has 1 saturated carbocycles. The number of azide groups is 1. The number of hydrogen-bond donors (Lipinski definition) is 1. The van der Waals surface area contributed by atoms with Crippen molar-refractivity contribution in [2.24, 2.45) is 5.11 Å². The first kappa shape index (κ1) is 20.4. The van der Waals surface area contributed by atoms with E-state index in [1.807, 2.05) is 37.3 Å². The first-order chi connectivity index (χ1) is 13.5. The summed E-state index contributed by atoms with van der Waals surface area (Å²) in [5.41, 5.74) is 11.0. The minimum Gasteiger partial charge on any atom is -0.374 e. The molecule has 0 radical (unpaired) electrons. The molecule has 1 aliphatic carbocycles. The molecule has 8 heteroatoms. The number of ether oxygens (including phenoxy) is 1. The van der Waals surface area contributed by atoms with Gasteiger partial charge in [-0.2, -0.15) is 0 Å². The van der Waals surface area contributed by atoms with Gasteiger partial charge in [0.1, 0.15) is 0 Å². The maximum atomic E-state index is 12.7. The molecule has 7 nitrogen and oxygen atoms in total. The van der Waals surface area contributed by atoms with Crippen LogP contribution in [0.4, 0.5) is 0 Å². The van der Waals surface area contributed by atoms with Crippen molar-refractivity contribution in [2.75, 3.05) is 0 Å². The zero-order valence-corrected chi connectivity index (χ0v) is 16.5. The maximum absolute atomic E-state index is 12.7. The van der Waals surface area contributed by atoms with Gasteiger partial charge < -0.3 is 4.74 Å². The Bertz CT molecular complexity index is 926. The summed E-state index contributed by atoms with van der Waals surface area (Å²) in [6, 6.07) is 15.6. The van der Waals surface area contributed by atoms with Gasteiger partial charge in [0.15, 0.2) is 0 Å². The molecule has 3 atom stereocenters. The van der Waals surface area contributed by atoms with Gasteiger partial charge >= 0.3 is 0 Å². The van der Waals surface area contributed by atoms with Crippen molar-refractivity contribution in [1.29, 1.82) is 0 Å². The minimum atomic E-state index is -3.67. The van der Waals surface area contributed by atoms with Crippen LogP contribution in [0.5, 0.6) is 0 Å². The van der Waals surface area contributed by atoms with E-state index >= 15 is 0 Å². The van der Waals surface area contributed by atoms with Crippen LogP contribution in [0, 0.1) is 6.92 Å². The van der Waals surface area contributed by atoms with E-state index in [2.05, 4.69) is 14.7 Å². The smallest absolute Gasteiger partial charge is 0.240 e. The molecule has 0 aliphatic heterocycles. The van der Waals surface area contributed by atoms with E-state index in [1.165, 1.54) is 0 Å². The van der Waals surface area contributed by atoms with Gasteiger partial charge in [-0.3, -0.25) is 0 Å². The summed E-state index contributed by atoms with van der Waals surface area (Å²) in [5.74, 6) is 0. The summed E-state index contributed by atoms with van der Waals surface area (Å²) >= 11 is 0. The van der Waals surface area contributed by atoms with Gasteiger partial charge in [0.05, 0.1) is 23.6 Å². The van der Waals surface area contributed by atoms with Crippen LogP contribution in [0.1, 0.15) is 30.4 Å². The van der Waals surface area contributed by atoms with Crippen molar-refractivity contribution in [1.82, 2.24) is 4.72 Å². The van der Waals surface area contributed by atoms with E-state index in [0.717, 1.165) is 11.1 Å². The molecule has 1 N–H and O–H groups in total. The molecule has 3 rings (SSSR count). The van der Waals surface area contributed by atoms with Gasteiger partial charge in [0.2, 0.25) is 10.0 Å². The quantitative estimate of drug-likeness (QED) is 0.430. The van der Waals surface area contributed by atoms with Crippen LogP contribution in [0.25, 0.3) is 10.4 Å². The maximum Gasteiger partial charge on any atom is 0.240 e. The Labute approximate surface area is 165 Å². The molecule has 0 aromatic heterocycles. The highest BCUT2D eigenvalue weighted by atomic mass is 32.2. The summed E-state index contributed by atoms with van der Waals surface area (Å²) < 4.78 is 34.0. The molecular formula is C20H24N4O3S. The molecule has 0 spiro atoms. The van der Waals surface area contributed by atoms with Gasteiger partial charge in [-0.25, -0.2) is 13.1 Å². The summed E-state index contributed by atoms with van der Waals surface area (Å²) in [6.45, 7) is 2.38. The number of nitrogens with zero attached hydrogens (tertiary/aromatic N) is 3. The molecule has 1 fully saturated rings. The Morgan fingerprint density at radius 2 is 1.86 bits per heavy atom. The lowest BCUT2D eigenvalue weighted by molar-refractivity contribution is 0.00752. The van der Waals surface area contributed by atoms with Crippen molar-refractivity contribution in [2.45, 2.75) is 55.9 Å². The second-order valence-electron chi connectivity index (χ2n) is 7.04. The SMILES string of the molecule is Cc1ccc(S(=O)(=O)N[C@H]2CC[C@H](OCc3ccccc3)C[C@@H]2N=[N+]=[N-])cc1. The highest BCUT2D eigenvalue weighted by Gasteiger charge is 2.33. The lowest BCUT2D eigenvalue weighted by atomic mass is 9.89. The zero-order chi connectivity index (χ0) is 20.0. The first-order valence-electron chi connectivity index (χ1n) is 9.26. The van der Waals surface area contributed by atoms with Gasteiger partial charge in [0, 0.05) is 11.0 Å². The lowest BCUT2D eigenvalue weighted by Crippen LogP contribution is -2.47. The fourth-order valence-electron chi connectivity index (χ4n) is 3.37. The standard InChI is InChI=1S/C20H24N4O3S/c1-15-7-10-18(11-8-15)28(25,26)23-19-12-9-17(13-20(19)22-24-21)27-14-16-5-3-2-4-6-16/h2-8,10-11,17,19-20,23H,9,12-14H2,1H3/t17-,19-,20-/m0/s1. The number of rotatable bonds is 7. The van der Waals surface area contributed by atoms with Gasteiger partial charge in [0.25, 0.3) is 0 Å². The second kappa shape index (κ2) is 9.21. The molecule has 1 aliphatic rings. The summed E-state index contributed by atoms with van der Waals surface area (Å²) in [5, 5.41) is 3.84. The van der Waals surface area contributed by atoms with E-state index < -0.39 is 22.1 Å². The Hall–Kier alpha value is -2.38. The topological polar surface area (TPSA) is 104 Å². The van der Waals surface area contributed by atoms with Crippen LogP contribution in [0.2, 0.25) is 0 Å². The van der Waals surface area contributed by atoms with Crippen molar-refractivity contribution in [3.05, 3.63) is 76.2 Å². The predicted molar refractivity (Wildman–Crippen MR) is 107 cm³/mol. The zero-order valence-electron chi connectivity index (χ0n) is 15.7. The molecule has 0 heterocycles. The van der Waals surface area contributed by atoms with Crippen LogP contribution in [-0.2, 0) is 21.4 Å². The van der Waals surface area contributed by atoms with Gasteiger partial charge in [-0.15, -0.1) is 0 Å². The van der Waals surface area contributed by atoms with Gasteiger partial charge in [-0.05, 0) is 49.4 Å². The summed E-state index contributed by atoms with van der Waals surface area (Å²) in [7, 11) is -3.67. The van der Waals surface area contributed by atoms with Crippen LogP contribution < -0.4 is 4.72 Å². The molecule has 148 valence electrons. The van der Waals surface area contributed by atoms with Crippen molar-refractivity contribution in [3.63, 3.8) is 0 Å². The molecule has 2 aromatic carbocycles. The number of hydrogen-bond acceptors (Lipinski definition) is 4. The third-order valence-corrected chi connectivity index (χ3v) is 6.44. The molecule has 0 saturated heterocycles. The lowest BCUT2D eigenvalue weighted by Gasteiger charge is -2.33. The third kappa shape index (κ3) is 5.33. The van der Waals surface area contributed by atoms with Crippen LogP contribution >= 0.6 is 0 Å². The Morgan fingerprint density at radius 1 is 1.14 bits per heavy atom. The van der Waals surface area contributed by atoms with Crippen molar-refractivity contribution < 1.29 is 13.2 Å². The van der Waals surface area contributed by atoms with Crippen molar-refractivity contribution in [3.8, 4) is 0 Å². The normalized spacial score (nSPS) is 22.4. The summed E-state index contributed by atoms with van der Waals surface area (Å²) in [4.78, 5) is 3.12. The summed E-state index contributed by atoms with van der Waals surface area (Å²) in [6.07, 6.45) is 1.66. The number of benzene rings is 2. The Morgan fingerprint density at radius 3 is 2.54 bits per heavy atom. The number of nitrogens with one attached hydrogen (secondary N) is 1. The first-order valence-corrected chi connectivity index (χ1v) is 10.7. The van der Waals surface area contributed by atoms with E-state index in [4.69, 9.17) is 10.3 Å². The van der Waals surface area contributed by atoms with Crippen molar-refractivity contribution >= 4 is 10.0 Å². The molecule has 0 bridgehead atoms. The fourth-order valence-corrected chi connectivity index (χ4v) is 4.67. The molecule has 2 aromatic rings. The van der Waals surface area contributed by atoms with Crippen LogP contribution in [0.3, 0.4) is 0 Å². The predicted octanol–water partition coefficient (Wildman–Crippen LogP) is 4.09. The van der Waals surface area contributed by atoms with E-state index in [1.54, 1.807) is 24.3 Å². The Kier molecular flexibility index (Phi) is 6.70. The number of aryl methyl sites for hydroxylation is 1. The Balaban J connectivity index is 1.64. The highest BCUT2D eigenvalue weighted by molar-refractivity contribution is 7.89. The van der Waals surface area contributed by atoms with Crippen LogP contribution in [0.15, 0.2) is 64.6 Å². The molecular weight excluding hydrogens is 376 g/mol. The average molecular weight is 401 g/mol. The van der Waals surface area contributed by atoms with Crippen LogP contribution in [-0.4, -0.2) is 26.6 Å². The van der Waals surface area contributed by atoms with E-state index in [0.29, 0.717) is 25.9 Å². The monoisotopic (exact) mass is 400 g/mol. The minimum absolute atomic E-state index is 0.0733. The molecule has 28 heavy (non-hydrogen) atoms. The van der Waals surface area contributed by atoms with E-state index in [-0.39, 0.29) is 11.0 Å². The average Bonchev–Trinajstić information content (AvgIpc) is 2.69. The largest absolute Gasteiger partial charge is 0.374 e. The molecule has 0 amide bonds. The fraction of sp³-hybridized carbons (Fsp3) is 0.400. The van der Waals surface area contributed by atoms with Gasteiger partial charge in [-0.1, -0.05) is 53.1 Å². The second-order valence-corrected chi connectivity index (χ2v) is 8.76.